The monoisotopic (exact) mass is 339 g/mol. The van der Waals surface area contributed by atoms with Crippen LogP contribution < -0.4 is 0 Å². The van der Waals surface area contributed by atoms with Crippen molar-refractivity contribution in [3.05, 3.63) is 79.7 Å². The van der Waals surface area contributed by atoms with Gasteiger partial charge in [0.05, 0.1) is 29.2 Å². The lowest BCUT2D eigenvalue weighted by Crippen LogP contribution is -1.98. The normalized spacial score (nSPS) is 11.1. The smallest absolute Gasteiger partial charge is 0.195 e. The number of pyridine rings is 1. The van der Waals surface area contributed by atoms with Crippen molar-refractivity contribution in [3.8, 4) is 28.7 Å². The first-order valence-electron chi connectivity index (χ1n) is 8.13. The van der Waals surface area contributed by atoms with Gasteiger partial charge in [-0.05, 0) is 24.3 Å². The predicted octanol–water partition coefficient (Wildman–Crippen LogP) is 4.14. The van der Waals surface area contributed by atoms with Gasteiger partial charge in [0.2, 0.25) is 0 Å². The lowest BCUT2D eigenvalue weighted by Gasteiger charge is -2.08. The molecule has 4 heterocycles. The standard InChI is InChI=1S/C20H13N5O/c1-2-5-17-14(4-1)10-16(13-22-17)25-8-7-21-20(25)15-11-23-19(24-12-15)18-6-3-9-26-18/h1-13H. The highest BCUT2D eigenvalue weighted by Crippen LogP contribution is 2.23. The number of hydrogen-bond acceptors (Lipinski definition) is 5. The van der Waals surface area contributed by atoms with Gasteiger partial charge in [-0.3, -0.25) is 9.55 Å². The molecule has 0 atom stereocenters. The highest BCUT2D eigenvalue weighted by Gasteiger charge is 2.11. The zero-order valence-electron chi connectivity index (χ0n) is 13.6. The molecular weight excluding hydrogens is 326 g/mol. The summed E-state index contributed by atoms with van der Waals surface area (Å²) in [6.07, 6.45) is 10.6. The van der Waals surface area contributed by atoms with Crippen LogP contribution in [0.2, 0.25) is 0 Å². The number of furan rings is 1. The summed E-state index contributed by atoms with van der Waals surface area (Å²) in [5.74, 6) is 1.94. The number of fused-ring (bicyclic) bond motifs is 1. The summed E-state index contributed by atoms with van der Waals surface area (Å²) in [7, 11) is 0. The molecule has 0 bridgehead atoms. The van der Waals surface area contributed by atoms with E-state index in [0.29, 0.717) is 11.6 Å². The highest BCUT2D eigenvalue weighted by molar-refractivity contribution is 5.80. The van der Waals surface area contributed by atoms with Crippen molar-refractivity contribution in [1.29, 1.82) is 0 Å². The number of benzene rings is 1. The van der Waals surface area contributed by atoms with E-state index in [1.165, 1.54) is 0 Å². The number of para-hydroxylation sites is 1. The molecule has 5 rings (SSSR count). The van der Waals surface area contributed by atoms with Crippen LogP contribution in [0.25, 0.3) is 39.6 Å². The van der Waals surface area contributed by atoms with E-state index < -0.39 is 0 Å². The third-order valence-corrected chi connectivity index (χ3v) is 4.15. The van der Waals surface area contributed by atoms with E-state index in [-0.39, 0.29) is 0 Å². The lowest BCUT2D eigenvalue weighted by molar-refractivity contribution is 0.577. The van der Waals surface area contributed by atoms with Crippen LogP contribution in [-0.4, -0.2) is 24.5 Å². The zero-order chi connectivity index (χ0) is 17.3. The summed E-state index contributed by atoms with van der Waals surface area (Å²) in [4.78, 5) is 17.8. The van der Waals surface area contributed by atoms with Crippen molar-refractivity contribution in [3.63, 3.8) is 0 Å². The van der Waals surface area contributed by atoms with Gasteiger partial charge >= 0.3 is 0 Å². The maximum absolute atomic E-state index is 5.33. The predicted molar refractivity (Wildman–Crippen MR) is 97.6 cm³/mol. The Morgan fingerprint density at radius 2 is 1.73 bits per heavy atom. The zero-order valence-corrected chi connectivity index (χ0v) is 13.6. The van der Waals surface area contributed by atoms with Crippen molar-refractivity contribution < 1.29 is 4.42 Å². The minimum Gasteiger partial charge on any atom is -0.461 e. The minimum atomic E-state index is 0.546. The van der Waals surface area contributed by atoms with Gasteiger partial charge in [0.15, 0.2) is 11.6 Å². The van der Waals surface area contributed by atoms with E-state index in [9.17, 15) is 0 Å². The maximum atomic E-state index is 5.33. The first kappa shape index (κ1) is 14.5. The Kier molecular flexibility index (Phi) is 3.31. The molecule has 124 valence electrons. The van der Waals surface area contributed by atoms with Gasteiger partial charge in [-0.25, -0.2) is 15.0 Å². The molecule has 4 aromatic heterocycles. The first-order chi connectivity index (χ1) is 12.9. The number of imidazole rings is 1. The summed E-state index contributed by atoms with van der Waals surface area (Å²) in [5.41, 5.74) is 2.72. The third kappa shape index (κ3) is 2.44. The van der Waals surface area contributed by atoms with Crippen LogP contribution in [0.4, 0.5) is 0 Å². The summed E-state index contributed by atoms with van der Waals surface area (Å²) >= 11 is 0. The van der Waals surface area contributed by atoms with E-state index in [2.05, 4.69) is 26.0 Å². The molecule has 0 N–H and O–H groups in total. The van der Waals surface area contributed by atoms with Crippen LogP contribution in [0.15, 0.2) is 84.1 Å². The topological polar surface area (TPSA) is 69.6 Å². The van der Waals surface area contributed by atoms with E-state index >= 15 is 0 Å². The van der Waals surface area contributed by atoms with Crippen molar-refractivity contribution >= 4 is 10.9 Å². The Labute approximate surface area is 148 Å². The molecule has 6 heteroatoms. The summed E-state index contributed by atoms with van der Waals surface area (Å²) < 4.78 is 7.31. The Balaban J connectivity index is 1.56. The molecule has 0 amide bonds. The highest BCUT2D eigenvalue weighted by atomic mass is 16.3. The molecule has 6 nitrogen and oxygen atoms in total. The fraction of sp³-hybridized carbons (Fsp3) is 0. The van der Waals surface area contributed by atoms with Crippen LogP contribution >= 0.6 is 0 Å². The van der Waals surface area contributed by atoms with Gasteiger partial charge in [0, 0.05) is 30.2 Å². The van der Waals surface area contributed by atoms with E-state index in [4.69, 9.17) is 4.42 Å². The van der Waals surface area contributed by atoms with Gasteiger partial charge in [-0.2, -0.15) is 0 Å². The average Bonchev–Trinajstić information content (AvgIpc) is 3.40. The molecule has 0 aliphatic heterocycles. The Bertz CT molecular complexity index is 1180. The Morgan fingerprint density at radius 3 is 2.58 bits per heavy atom. The van der Waals surface area contributed by atoms with Gasteiger partial charge in [-0.15, -0.1) is 0 Å². The van der Waals surface area contributed by atoms with Crippen molar-refractivity contribution in [2.24, 2.45) is 0 Å². The van der Waals surface area contributed by atoms with Gasteiger partial charge in [-0.1, -0.05) is 18.2 Å². The first-order valence-corrected chi connectivity index (χ1v) is 8.13. The summed E-state index contributed by atoms with van der Waals surface area (Å²) in [5, 5.41) is 1.08. The second-order valence-electron chi connectivity index (χ2n) is 5.78. The lowest BCUT2D eigenvalue weighted by atomic mass is 10.2. The van der Waals surface area contributed by atoms with Crippen LogP contribution in [0, 0.1) is 0 Å². The molecule has 0 saturated heterocycles. The molecule has 0 aliphatic rings. The van der Waals surface area contributed by atoms with Crippen LogP contribution in [0.5, 0.6) is 0 Å². The number of rotatable bonds is 3. The molecule has 0 saturated carbocycles. The third-order valence-electron chi connectivity index (χ3n) is 4.15. The van der Waals surface area contributed by atoms with E-state index in [0.717, 1.165) is 28.0 Å². The molecule has 0 fully saturated rings. The molecule has 0 radical (unpaired) electrons. The number of hydrogen-bond donors (Lipinski definition) is 0. The largest absolute Gasteiger partial charge is 0.461 e. The van der Waals surface area contributed by atoms with Gasteiger partial charge in [0.1, 0.15) is 5.82 Å². The quantitative estimate of drug-likeness (QED) is 0.494. The second kappa shape index (κ2) is 5.93. The van der Waals surface area contributed by atoms with E-state index in [1.54, 1.807) is 24.9 Å². The molecular formula is C20H13N5O. The summed E-state index contributed by atoms with van der Waals surface area (Å²) in [6.45, 7) is 0. The molecule has 0 spiro atoms. The van der Waals surface area contributed by atoms with Crippen LogP contribution in [0.1, 0.15) is 0 Å². The van der Waals surface area contributed by atoms with Crippen molar-refractivity contribution in [2.45, 2.75) is 0 Å². The number of aromatic nitrogens is 5. The minimum absolute atomic E-state index is 0.546. The molecule has 26 heavy (non-hydrogen) atoms. The molecule has 0 unspecified atom stereocenters. The van der Waals surface area contributed by atoms with Crippen LogP contribution in [0.3, 0.4) is 0 Å². The van der Waals surface area contributed by atoms with Gasteiger partial charge in [0.25, 0.3) is 0 Å². The van der Waals surface area contributed by atoms with Crippen molar-refractivity contribution in [1.82, 2.24) is 24.5 Å². The summed E-state index contributed by atoms with van der Waals surface area (Å²) in [6, 6.07) is 13.8. The Hall–Kier alpha value is -3.80. The maximum Gasteiger partial charge on any atom is 0.195 e. The van der Waals surface area contributed by atoms with Gasteiger partial charge < -0.3 is 4.42 Å². The molecule has 0 aliphatic carbocycles. The van der Waals surface area contributed by atoms with E-state index in [1.807, 2.05) is 53.4 Å². The molecule has 1 aromatic carbocycles. The molecule has 5 aromatic rings. The van der Waals surface area contributed by atoms with Crippen molar-refractivity contribution in [2.75, 3.05) is 0 Å². The SMILES string of the molecule is c1coc(-c2ncc(-c3nccn3-c3cnc4ccccc4c3)cn2)c1. The van der Waals surface area contributed by atoms with Crippen LogP contribution in [-0.2, 0) is 0 Å². The average molecular weight is 339 g/mol. The second-order valence-corrected chi connectivity index (χ2v) is 5.78. The fourth-order valence-electron chi connectivity index (χ4n) is 2.89. The number of nitrogens with zero attached hydrogens (tertiary/aromatic N) is 5. The Morgan fingerprint density at radius 1 is 0.846 bits per heavy atom. The fourth-order valence-corrected chi connectivity index (χ4v) is 2.89.